The van der Waals surface area contributed by atoms with Crippen LogP contribution in [-0.4, -0.2) is 0 Å². The van der Waals surface area contributed by atoms with Crippen LogP contribution in [0.1, 0.15) is 72.6 Å². The smallest absolute Gasteiger partial charge is 0.147 e. The summed E-state index contributed by atoms with van der Waals surface area (Å²) in [6, 6.07) is 0. The zero-order valence-electron chi connectivity index (χ0n) is 16.0. The maximum Gasteiger partial charge on any atom is -0.147 e. The molecule has 0 amide bonds. The molecular weight excluding hydrogens is 414 g/mol. The van der Waals surface area contributed by atoms with Gasteiger partial charge in [-0.2, -0.15) is 0 Å². The van der Waals surface area contributed by atoms with Crippen LogP contribution in [0.25, 0.3) is 0 Å². The number of hydrogen-bond donors (Lipinski definition) is 0. The first-order valence-corrected chi connectivity index (χ1v) is 15.5. The van der Waals surface area contributed by atoms with E-state index in [4.69, 9.17) is 0 Å². The molecule has 136 valence electrons. The van der Waals surface area contributed by atoms with Crippen molar-refractivity contribution in [2.45, 2.75) is 80.9 Å². The first-order chi connectivity index (χ1) is 10.5. The third-order valence-corrected chi connectivity index (χ3v) is 21.4. The SMILES string of the molecule is CC1=CC[C]([Zr]([CH3])([C]2=C(C)C(C)=CC2)[CH]2CCCCC2)=C1C.Cl.Cl. The van der Waals surface area contributed by atoms with E-state index in [0.29, 0.717) is 0 Å². The average molecular weight is 449 g/mol. The summed E-state index contributed by atoms with van der Waals surface area (Å²) < 4.78 is 7.73. The predicted octanol–water partition coefficient (Wildman–Crippen LogP) is 8.03. The molecule has 0 aromatic rings. The van der Waals surface area contributed by atoms with Gasteiger partial charge in [0.15, 0.2) is 0 Å². The summed E-state index contributed by atoms with van der Waals surface area (Å²) in [5, 5.41) is 0. The quantitative estimate of drug-likeness (QED) is 0.410. The topological polar surface area (TPSA) is 0 Å². The van der Waals surface area contributed by atoms with E-state index < -0.39 is 20.3 Å². The van der Waals surface area contributed by atoms with Crippen LogP contribution in [0.3, 0.4) is 0 Å². The monoisotopic (exact) mass is 446 g/mol. The number of halogens is 2. The summed E-state index contributed by atoms with van der Waals surface area (Å²) in [4.78, 5) is 0. The van der Waals surface area contributed by atoms with E-state index in [1.807, 2.05) is 6.56 Å². The van der Waals surface area contributed by atoms with Crippen molar-refractivity contribution in [1.29, 1.82) is 0 Å². The van der Waals surface area contributed by atoms with E-state index in [9.17, 15) is 0 Å². The van der Waals surface area contributed by atoms with E-state index in [1.165, 1.54) is 44.9 Å². The zero-order valence-corrected chi connectivity index (χ0v) is 20.1. The third kappa shape index (κ3) is 3.74. The Hall–Kier alpha value is 0.423. The van der Waals surface area contributed by atoms with Crippen molar-refractivity contribution in [3.63, 3.8) is 0 Å². The fraction of sp³-hybridized carbons (Fsp3) is 0.619. The van der Waals surface area contributed by atoms with Gasteiger partial charge in [0.05, 0.1) is 0 Å². The zero-order chi connectivity index (χ0) is 15.9. The predicted molar refractivity (Wildman–Crippen MR) is 109 cm³/mol. The van der Waals surface area contributed by atoms with Crippen molar-refractivity contribution >= 4 is 24.8 Å². The van der Waals surface area contributed by atoms with E-state index in [-0.39, 0.29) is 24.8 Å². The molecule has 0 aliphatic heterocycles. The number of rotatable bonds is 3. The van der Waals surface area contributed by atoms with Gasteiger partial charge < -0.3 is 0 Å². The Bertz CT molecular complexity index is 559. The normalized spacial score (nSPS) is 22.2. The minimum atomic E-state index is -2.47. The fourth-order valence-electron chi connectivity index (χ4n) is 5.16. The van der Waals surface area contributed by atoms with Gasteiger partial charge in [0, 0.05) is 0 Å². The van der Waals surface area contributed by atoms with Crippen molar-refractivity contribution < 1.29 is 20.3 Å². The molecule has 3 heteroatoms. The van der Waals surface area contributed by atoms with Crippen molar-refractivity contribution in [1.82, 2.24) is 0 Å². The Balaban J connectivity index is 0.00000144. The summed E-state index contributed by atoms with van der Waals surface area (Å²) in [5.41, 5.74) is 6.48. The van der Waals surface area contributed by atoms with Gasteiger partial charge in [-0.05, 0) is 0 Å². The number of hydrogen-bond acceptors (Lipinski definition) is 0. The summed E-state index contributed by atoms with van der Waals surface area (Å²) in [7, 11) is 0. The van der Waals surface area contributed by atoms with E-state index in [0.717, 1.165) is 3.63 Å². The molecule has 0 spiro atoms. The van der Waals surface area contributed by atoms with Gasteiger partial charge >= 0.3 is 142 Å². The average Bonchev–Trinajstić information content (AvgIpc) is 3.04. The molecule has 1 fully saturated rings. The number of allylic oxidation sites excluding steroid dienone is 8. The summed E-state index contributed by atoms with van der Waals surface area (Å²) in [5.74, 6) is 0. The van der Waals surface area contributed by atoms with Crippen LogP contribution >= 0.6 is 24.8 Å². The van der Waals surface area contributed by atoms with Gasteiger partial charge in [0.2, 0.25) is 0 Å². The van der Waals surface area contributed by atoms with E-state index in [2.05, 4.69) is 44.5 Å². The molecule has 0 radical (unpaired) electrons. The second-order valence-electron chi connectivity index (χ2n) is 7.93. The Morgan fingerprint density at radius 2 is 1.17 bits per heavy atom. The molecule has 0 nitrogen and oxygen atoms in total. The standard InChI is InChI=1S/2C7H9.C6H11.CH3.2ClH.Zr/c2*1-6-4-3-5-7(6)2;1-2-4-6-5-3-1;;;;/h2*4H,3H2,1-2H3;1H,2-6H2;1H3;2*1H;. The molecule has 3 rings (SSSR count). The Morgan fingerprint density at radius 1 is 0.750 bits per heavy atom. The third-order valence-electron chi connectivity index (χ3n) is 6.99. The summed E-state index contributed by atoms with van der Waals surface area (Å²) in [6.45, 7) is 9.48. The molecule has 24 heavy (non-hydrogen) atoms. The maximum absolute atomic E-state index is 2.79. The van der Waals surface area contributed by atoms with Crippen LogP contribution in [0.15, 0.2) is 41.0 Å². The van der Waals surface area contributed by atoms with Crippen LogP contribution in [0.2, 0.25) is 8.26 Å². The molecule has 3 aliphatic rings. The van der Waals surface area contributed by atoms with Gasteiger partial charge in [-0.3, -0.25) is 0 Å². The molecule has 0 aromatic carbocycles. The molecular formula is C21H34Cl2Zr. The molecule has 0 unspecified atom stereocenters. The molecule has 0 heterocycles. The first kappa shape index (κ1) is 22.5. The minimum absolute atomic E-state index is 0. The van der Waals surface area contributed by atoms with Gasteiger partial charge in [-0.15, -0.1) is 24.8 Å². The molecule has 0 saturated heterocycles. The molecule has 0 bridgehead atoms. The van der Waals surface area contributed by atoms with Gasteiger partial charge in [-0.1, -0.05) is 0 Å². The van der Waals surface area contributed by atoms with Crippen LogP contribution < -0.4 is 0 Å². The molecule has 0 atom stereocenters. The second kappa shape index (κ2) is 8.88. The van der Waals surface area contributed by atoms with Gasteiger partial charge in [0.1, 0.15) is 0 Å². The van der Waals surface area contributed by atoms with Crippen molar-refractivity contribution in [3.8, 4) is 0 Å². The van der Waals surface area contributed by atoms with Crippen LogP contribution in [0.5, 0.6) is 0 Å². The van der Waals surface area contributed by atoms with Crippen molar-refractivity contribution in [2.75, 3.05) is 0 Å². The Morgan fingerprint density at radius 3 is 1.50 bits per heavy atom. The van der Waals surface area contributed by atoms with Crippen LogP contribution in [0, 0.1) is 0 Å². The Kier molecular flexibility index (Phi) is 8.31. The van der Waals surface area contributed by atoms with E-state index in [1.54, 1.807) is 22.3 Å². The Labute approximate surface area is 166 Å². The van der Waals surface area contributed by atoms with E-state index >= 15 is 0 Å². The van der Waals surface area contributed by atoms with Crippen molar-refractivity contribution in [2.24, 2.45) is 0 Å². The summed E-state index contributed by atoms with van der Waals surface area (Å²) >= 11 is -2.47. The fourth-order valence-corrected chi connectivity index (χ4v) is 19.7. The van der Waals surface area contributed by atoms with Gasteiger partial charge in [-0.25, -0.2) is 0 Å². The van der Waals surface area contributed by atoms with Crippen LogP contribution in [-0.2, 0) is 20.3 Å². The molecule has 0 aromatic heterocycles. The largest absolute Gasteiger partial charge is 0.147 e. The van der Waals surface area contributed by atoms with Crippen molar-refractivity contribution in [3.05, 3.63) is 41.0 Å². The van der Waals surface area contributed by atoms with Crippen LogP contribution in [0.4, 0.5) is 0 Å². The maximum atomic E-state index is 2.79. The summed E-state index contributed by atoms with van der Waals surface area (Å²) in [6.07, 6.45) is 15.0. The van der Waals surface area contributed by atoms with Gasteiger partial charge in [0.25, 0.3) is 0 Å². The minimum Gasteiger partial charge on any atom is -0.147 e. The second-order valence-corrected chi connectivity index (χ2v) is 18.8. The molecule has 1 saturated carbocycles. The first-order valence-electron chi connectivity index (χ1n) is 9.21. The molecule has 3 aliphatic carbocycles. The molecule has 0 N–H and O–H groups in total.